The van der Waals surface area contributed by atoms with E-state index in [9.17, 15) is 0 Å². The molecule has 21 heavy (non-hydrogen) atoms. The van der Waals surface area contributed by atoms with Gasteiger partial charge in [-0.3, -0.25) is 0 Å². The van der Waals surface area contributed by atoms with E-state index in [-0.39, 0.29) is 6.04 Å². The maximum absolute atomic E-state index is 6.58. The van der Waals surface area contributed by atoms with Crippen molar-refractivity contribution in [1.82, 2.24) is 0 Å². The minimum atomic E-state index is 0.126. The van der Waals surface area contributed by atoms with Crippen LogP contribution in [-0.2, 0) is 0 Å². The number of nitrogens with two attached hydrogens (primary N) is 1. The molecule has 1 fully saturated rings. The molecule has 118 valence electrons. The summed E-state index contributed by atoms with van der Waals surface area (Å²) in [5.41, 5.74) is 7.78. The number of para-hydroxylation sites is 1. The van der Waals surface area contributed by atoms with Crippen LogP contribution in [0.2, 0.25) is 0 Å². The van der Waals surface area contributed by atoms with Crippen molar-refractivity contribution in [3.8, 4) is 5.75 Å². The number of hydrogen-bond donors (Lipinski definition) is 1. The average Bonchev–Trinajstić information content (AvgIpc) is 2.53. The molecule has 0 radical (unpaired) electrons. The fourth-order valence-electron chi connectivity index (χ4n) is 3.60. The normalized spacial score (nSPS) is 23.8. The Kier molecular flexibility index (Phi) is 6.56. The summed E-state index contributed by atoms with van der Waals surface area (Å²) in [5, 5.41) is 0. The highest BCUT2D eigenvalue weighted by Crippen LogP contribution is 2.39. The summed E-state index contributed by atoms with van der Waals surface area (Å²) in [7, 11) is 0. The zero-order valence-corrected chi connectivity index (χ0v) is 13.7. The largest absolute Gasteiger partial charge is 0.493 e. The molecule has 1 aliphatic carbocycles. The second-order valence-corrected chi connectivity index (χ2v) is 6.48. The van der Waals surface area contributed by atoms with Crippen LogP contribution in [0.25, 0.3) is 0 Å². The second-order valence-electron chi connectivity index (χ2n) is 6.48. The number of ether oxygens (including phenoxy) is 1. The van der Waals surface area contributed by atoms with Gasteiger partial charge in [-0.25, -0.2) is 0 Å². The average molecular weight is 289 g/mol. The van der Waals surface area contributed by atoms with Gasteiger partial charge < -0.3 is 10.5 Å². The Bertz CT molecular complexity index is 410. The van der Waals surface area contributed by atoms with Crippen molar-refractivity contribution in [3.05, 3.63) is 29.8 Å². The summed E-state index contributed by atoms with van der Waals surface area (Å²) in [6.07, 6.45) is 8.98. The molecule has 1 aromatic carbocycles. The molecule has 1 aliphatic rings. The molecule has 1 aromatic rings. The van der Waals surface area contributed by atoms with Crippen LogP contribution in [0.4, 0.5) is 0 Å². The molecule has 0 bridgehead atoms. The Hall–Kier alpha value is -1.02. The van der Waals surface area contributed by atoms with Gasteiger partial charge in [0, 0.05) is 11.6 Å². The lowest BCUT2D eigenvalue weighted by molar-refractivity contribution is 0.230. The molecule has 0 heterocycles. The molecule has 0 aromatic heterocycles. The van der Waals surface area contributed by atoms with E-state index in [1.54, 1.807) is 0 Å². The van der Waals surface area contributed by atoms with Crippen molar-refractivity contribution in [2.75, 3.05) is 6.61 Å². The standard InChI is InChI=1S/C19H31NO/c1-3-7-15-10-12-16(13-11-15)19(20)17-8-5-6-9-18(17)21-14-4-2/h5-6,8-9,15-16,19H,3-4,7,10-14,20H2,1-2H3. The van der Waals surface area contributed by atoms with Gasteiger partial charge in [0.15, 0.2) is 0 Å². The zero-order valence-electron chi connectivity index (χ0n) is 13.7. The van der Waals surface area contributed by atoms with E-state index >= 15 is 0 Å². The Morgan fingerprint density at radius 2 is 1.81 bits per heavy atom. The van der Waals surface area contributed by atoms with E-state index in [1.807, 2.05) is 6.07 Å². The van der Waals surface area contributed by atoms with Gasteiger partial charge in [0.2, 0.25) is 0 Å². The number of benzene rings is 1. The predicted molar refractivity (Wildman–Crippen MR) is 89.5 cm³/mol. The van der Waals surface area contributed by atoms with E-state index in [0.29, 0.717) is 5.92 Å². The van der Waals surface area contributed by atoms with Crippen LogP contribution < -0.4 is 10.5 Å². The molecule has 1 unspecified atom stereocenters. The topological polar surface area (TPSA) is 35.2 Å². The van der Waals surface area contributed by atoms with Gasteiger partial charge in [0.25, 0.3) is 0 Å². The first-order chi connectivity index (χ1) is 10.3. The summed E-state index contributed by atoms with van der Waals surface area (Å²) >= 11 is 0. The van der Waals surface area contributed by atoms with Crippen LogP contribution in [0.3, 0.4) is 0 Å². The Morgan fingerprint density at radius 3 is 2.48 bits per heavy atom. The Morgan fingerprint density at radius 1 is 1.10 bits per heavy atom. The van der Waals surface area contributed by atoms with Crippen molar-refractivity contribution in [1.29, 1.82) is 0 Å². The van der Waals surface area contributed by atoms with E-state index < -0.39 is 0 Å². The maximum atomic E-state index is 6.58. The van der Waals surface area contributed by atoms with Crippen LogP contribution >= 0.6 is 0 Å². The molecule has 2 heteroatoms. The summed E-state index contributed by atoms with van der Waals surface area (Å²) in [6.45, 7) is 5.20. The van der Waals surface area contributed by atoms with Crippen LogP contribution in [0.15, 0.2) is 24.3 Å². The molecule has 2 nitrogen and oxygen atoms in total. The van der Waals surface area contributed by atoms with Crippen LogP contribution in [0, 0.1) is 11.8 Å². The summed E-state index contributed by atoms with van der Waals surface area (Å²) < 4.78 is 5.88. The van der Waals surface area contributed by atoms with Crippen molar-refractivity contribution in [2.45, 2.75) is 64.8 Å². The molecule has 0 aliphatic heterocycles. The lowest BCUT2D eigenvalue weighted by Gasteiger charge is -2.32. The van der Waals surface area contributed by atoms with E-state index in [4.69, 9.17) is 10.5 Å². The molecule has 1 saturated carbocycles. The lowest BCUT2D eigenvalue weighted by atomic mass is 9.75. The lowest BCUT2D eigenvalue weighted by Crippen LogP contribution is -2.26. The molecule has 0 amide bonds. The van der Waals surface area contributed by atoms with Crippen molar-refractivity contribution < 1.29 is 4.74 Å². The van der Waals surface area contributed by atoms with Crippen molar-refractivity contribution in [3.63, 3.8) is 0 Å². The minimum Gasteiger partial charge on any atom is -0.493 e. The van der Waals surface area contributed by atoms with E-state index in [0.717, 1.165) is 24.7 Å². The summed E-state index contributed by atoms with van der Waals surface area (Å²) in [6, 6.07) is 8.46. The monoisotopic (exact) mass is 289 g/mol. The smallest absolute Gasteiger partial charge is 0.124 e. The quantitative estimate of drug-likeness (QED) is 0.759. The van der Waals surface area contributed by atoms with E-state index in [1.165, 1.54) is 44.1 Å². The Balaban J connectivity index is 1.98. The SMILES string of the molecule is CCCOc1ccccc1C(N)C1CCC(CCC)CC1. The highest BCUT2D eigenvalue weighted by Gasteiger charge is 2.27. The molecule has 2 N–H and O–H groups in total. The first-order valence-electron chi connectivity index (χ1n) is 8.73. The van der Waals surface area contributed by atoms with Gasteiger partial charge in [-0.1, -0.05) is 57.7 Å². The second kappa shape index (κ2) is 8.43. The maximum Gasteiger partial charge on any atom is 0.124 e. The van der Waals surface area contributed by atoms with Crippen LogP contribution in [-0.4, -0.2) is 6.61 Å². The third-order valence-electron chi connectivity index (χ3n) is 4.84. The summed E-state index contributed by atoms with van der Waals surface area (Å²) in [5.74, 6) is 2.54. The molecule has 0 spiro atoms. The third kappa shape index (κ3) is 4.47. The van der Waals surface area contributed by atoms with Gasteiger partial charge in [-0.05, 0) is 37.2 Å². The first kappa shape index (κ1) is 16.4. The fourth-order valence-corrected chi connectivity index (χ4v) is 3.60. The highest BCUT2D eigenvalue weighted by molar-refractivity contribution is 5.36. The van der Waals surface area contributed by atoms with E-state index in [2.05, 4.69) is 32.0 Å². The Labute approximate surface area is 130 Å². The third-order valence-corrected chi connectivity index (χ3v) is 4.84. The number of rotatable bonds is 7. The molecule has 1 atom stereocenters. The fraction of sp³-hybridized carbons (Fsp3) is 0.684. The molecule has 0 saturated heterocycles. The zero-order chi connectivity index (χ0) is 15.1. The van der Waals surface area contributed by atoms with Gasteiger partial charge in [-0.2, -0.15) is 0 Å². The van der Waals surface area contributed by atoms with Crippen molar-refractivity contribution >= 4 is 0 Å². The molecule has 2 rings (SSSR count). The van der Waals surface area contributed by atoms with Gasteiger partial charge in [-0.15, -0.1) is 0 Å². The molecular formula is C19H31NO. The number of hydrogen-bond acceptors (Lipinski definition) is 2. The summed E-state index contributed by atoms with van der Waals surface area (Å²) in [4.78, 5) is 0. The molecular weight excluding hydrogens is 258 g/mol. The van der Waals surface area contributed by atoms with Crippen molar-refractivity contribution in [2.24, 2.45) is 17.6 Å². The van der Waals surface area contributed by atoms with Gasteiger partial charge in [0.05, 0.1) is 6.61 Å². The highest BCUT2D eigenvalue weighted by atomic mass is 16.5. The van der Waals surface area contributed by atoms with Gasteiger partial charge in [0.1, 0.15) is 5.75 Å². The minimum absolute atomic E-state index is 0.126. The van der Waals surface area contributed by atoms with Crippen LogP contribution in [0.5, 0.6) is 5.75 Å². The van der Waals surface area contributed by atoms with Crippen LogP contribution in [0.1, 0.15) is 70.4 Å². The van der Waals surface area contributed by atoms with Gasteiger partial charge >= 0.3 is 0 Å². The first-order valence-corrected chi connectivity index (χ1v) is 8.73. The predicted octanol–water partition coefficient (Wildman–Crippen LogP) is 5.08.